The summed E-state index contributed by atoms with van der Waals surface area (Å²) in [6.07, 6.45) is -5.50. The molecule has 1 saturated heterocycles. The monoisotopic (exact) mass is 857 g/mol. The van der Waals surface area contributed by atoms with Crippen molar-refractivity contribution in [2.75, 3.05) is 6.61 Å². The van der Waals surface area contributed by atoms with Crippen molar-refractivity contribution in [1.29, 1.82) is 0 Å². The molecule has 0 unspecified atom stereocenters. The largest absolute Gasteiger partial charge is 0.455 e. The van der Waals surface area contributed by atoms with Crippen molar-refractivity contribution in [3.8, 4) is 0 Å². The SMILES string of the molecule is CC(=O)O[C@H]1C(=O)[C@@]2(C)[C@H]([C@H](OC(=O)c3ccccc3)[C@]3(O)C[C@H](OC(=O)[C@H](OC(=O)C4=CCCCC4)[C@@H](N)c4ccccc4)C(C)=C1C3(C)C)[C@]1(OC(C)=O)CO[C@@H]1C[C@@H]2O. The summed E-state index contributed by atoms with van der Waals surface area (Å²) in [7, 11) is 0. The molecule has 0 spiro atoms. The third-order valence-electron chi connectivity index (χ3n) is 14.0. The first-order valence-corrected chi connectivity index (χ1v) is 21.1. The maximum atomic E-state index is 15.5. The highest BCUT2D eigenvalue weighted by Crippen LogP contribution is 2.64. The molecule has 2 aromatic rings. The molecule has 1 aliphatic heterocycles. The first-order valence-electron chi connectivity index (χ1n) is 21.1. The summed E-state index contributed by atoms with van der Waals surface area (Å²) in [5.74, 6) is -6.75. The number of benzene rings is 2. The van der Waals surface area contributed by atoms with Gasteiger partial charge < -0.3 is 44.4 Å². The number of ether oxygens (including phenoxy) is 6. The molecule has 332 valence electrons. The Kier molecular flexibility index (Phi) is 12.2. The lowest BCUT2D eigenvalue weighted by molar-refractivity contribution is -0.346. The fourth-order valence-electron chi connectivity index (χ4n) is 10.6. The second-order valence-corrected chi connectivity index (χ2v) is 17.9. The fraction of sp³-hybridized carbons (Fsp3) is 0.532. The number of esters is 5. The number of aliphatic hydroxyl groups excluding tert-OH is 1. The maximum Gasteiger partial charge on any atom is 0.350 e. The molecule has 5 aliphatic rings. The number of carbonyl (C=O) groups is 6. The number of Topliss-reactive ketones (excluding diaryl/α,β-unsaturated/α-hetero) is 1. The maximum absolute atomic E-state index is 15.5. The summed E-state index contributed by atoms with van der Waals surface area (Å²) < 4.78 is 36.4. The standard InChI is InChI=1S/C47H55NO14/c1-25-31(59-43(55)37(35(48)28-16-10-7-11-17-28)60-41(53)29-18-12-8-13-19-29)23-47(56)40(61-42(54)30-20-14-9-15-21-30)38-45(6,32(51)22-33-46(38,24-57-33)62-27(3)50)39(52)36(58-26(2)49)34(25)44(47,4)5/h7,9-11,14-18,20-21,31-33,35-38,40,51,56H,8,12-13,19,22-24,48H2,1-6H3/t31-,32-,33+,35-,36+,37+,38-,40-,45+,46-,47+/m0/s1. The van der Waals surface area contributed by atoms with Gasteiger partial charge in [0.1, 0.15) is 23.9 Å². The summed E-state index contributed by atoms with van der Waals surface area (Å²) >= 11 is 0. The molecule has 0 amide bonds. The molecule has 2 aromatic carbocycles. The van der Waals surface area contributed by atoms with Gasteiger partial charge in [-0.25, -0.2) is 14.4 Å². The number of fused-ring (bicyclic) bond motifs is 5. The van der Waals surface area contributed by atoms with Gasteiger partial charge in [0.15, 0.2) is 17.5 Å². The molecule has 62 heavy (non-hydrogen) atoms. The number of aliphatic hydroxyl groups is 2. The molecule has 7 rings (SSSR count). The Hall–Kier alpha value is -5.22. The molecule has 1 heterocycles. The molecule has 15 heteroatoms. The third-order valence-corrected chi connectivity index (χ3v) is 14.0. The number of hydrogen-bond acceptors (Lipinski definition) is 15. The van der Waals surface area contributed by atoms with Crippen molar-refractivity contribution in [2.24, 2.45) is 22.5 Å². The Morgan fingerprint density at radius 3 is 2.13 bits per heavy atom. The lowest BCUT2D eigenvalue weighted by atomic mass is 9.44. The lowest BCUT2D eigenvalue weighted by Gasteiger charge is -2.67. The quantitative estimate of drug-likeness (QED) is 0.172. The molecule has 0 radical (unpaired) electrons. The van der Waals surface area contributed by atoms with Gasteiger partial charge in [0.05, 0.1) is 35.6 Å². The molecule has 3 fully saturated rings. The van der Waals surface area contributed by atoms with E-state index in [1.165, 1.54) is 19.1 Å². The van der Waals surface area contributed by atoms with E-state index in [4.69, 9.17) is 34.2 Å². The van der Waals surface area contributed by atoms with Crippen LogP contribution in [0.5, 0.6) is 0 Å². The molecule has 2 bridgehead atoms. The predicted molar refractivity (Wildman–Crippen MR) is 218 cm³/mol. The molecule has 4 aliphatic carbocycles. The summed E-state index contributed by atoms with van der Waals surface area (Å²) in [5.41, 5.74) is 0.0504. The van der Waals surface area contributed by atoms with Crippen molar-refractivity contribution in [3.63, 3.8) is 0 Å². The van der Waals surface area contributed by atoms with Crippen LogP contribution in [-0.2, 0) is 52.4 Å². The van der Waals surface area contributed by atoms with E-state index >= 15 is 4.79 Å². The highest BCUT2D eigenvalue weighted by molar-refractivity contribution is 5.96. The van der Waals surface area contributed by atoms with Gasteiger partial charge in [-0.15, -0.1) is 0 Å². The van der Waals surface area contributed by atoms with Gasteiger partial charge >= 0.3 is 29.8 Å². The van der Waals surface area contributed by atoms with E-state index in [9.17, 15) is 34.2 Å². The van der Waals surface area contributed by atoms with Gasteiger partial charge in [0.2, 0.25) is 6.10 Å². The third kappa shape index (κ3) is 7.46. The van der Waals surface area contributed by atoms with Crippen molar-refractivity contribution < 1.29 is 67.4 Å². The number of nitrogens with two attached hydrogens (primary N) is 1. The van der Waals surface area contributed by atoms with Gasteiger partial charge in [-0.3, -0.25) is 14.4 Å². The van der Waals surface area contributed by atoms with Crippen molar-refractivity contribution >= 4 is 35.6 Å². The van der Waals surface area contributed by atoms with Crippen molar-refractivity contribution in [1.82, 2.24) is 0 Å². The summed E-state index contributed by atoms with van der Waals surface area (Å²) in [5, 5.41) is 25.8. The second kappa shape index (κ2) is 16.8. The zero-order chi connectivity index (χ0) is 44.9. The number of carbonyl (C=O) groups excluding carboxylic acids is 6. The predicted octanol–water partition coefficient (Wildman–Crippen LogP) is 4.32. The Balaban J connectivity index is 1.41. The van der Waals surface area contributed by atoms with Crippen LogP contribution in [0.1, 0.15) is 102 Å². The molecule has 15 nitrogen and oxygen atoms in total. The van der Waals surface area contributed by atoms with Crippen LogP contribution in [0.3, 0.4) is 0 Å². The first-order chi connectivity index (χ1) is 29.3. The number of rotatable bonds is 10. The van der Waals surface area contributed by atoms with Crippen LogP contribution in [0.4, 0.5) is 0 Å². The molecular formula is C47H55NO14. The van der Waals surface area contributed by atoms with Crippen LogP contribution >= 0.6 is 0 Å². The minimum Gasteiger partial charge on any atom is -0.455 e. The van der Waals surface area contributed by atoms with Gasteiger partial charge in [0, 0.05) is 37.7 Å². The van der Waals surface area contributed by atoms with Crippen LogP contribution in [0.15, 0.2) is 83.5 Å². The van der Waals surface area contributed by atoms with Crippen LogP contribution in [0.25, 0.3) is 0 Å². The highest BCUT2D eigenvalue weighted by atomic mass is 16.6. The molecule has 4 N–H and O–H groups in total. The number of hydrogen-bond donors (Lipinski definition) is 3. The Labute approximate surface area is 359 Å². The normalized spacial score (nSPS) is 33.3. The van der Waals surface area contributed by atoms with Crippen molar-refractivity contribution in [3.05, 3.63) is 94.6 Å². The highest BCUT2D eigenvalue weighted by Gasteiger charge is 2.78. The van der Waals surface area contributed by atoms with Gasteiger partial charge in [-0.2, -0.15) is 0 Å². The molecule has 11 atom stereocenters. The number of allylic oxidation sites excluding steroid dienone is 1. The zero-order valence-corrected chi connectivity index (χ0v) is 35.8. The minimum atomic E-state index is -2.37. The molecule has 2 saturated carbocycles. The van der Waals surface area contributed by atoms with E-state index in [2.05, 4.69) is 0 Å². The molecular weight excluding hydrogens is 803 g/mol. The fourth-order valence-corrected chi connectivity index (χ4v) is 10.6. The van der Waals surface area contributed by atoms with Gasteiger partial charge in [-0.05, 0) is 68.4 Å². The van der Waals surface area contributed by atoms with Crippen LogP contribution in [0.2, 0.25) is 0 Å². The zero-order valence-electron chi connectivity index (χ0n) is 35.8. The van der Waals surface area contributed by atoms with E-state index in [1.807, 2.05) is 0 Å². The Bertz CT molecular complexity index is 2190. The smallest absolute Gasteiger partial charge is 0.350 e. The second-order valence-electron chi connectivity index (χ2n) is 17.9. The first kappa shape index (κ1) is 44.8. The van der Waals surface area contributed by atoms with Gasteiger partial charge in [-0.1, -0.05) is 68.5 Å². The topological polar surface area (TPSA) is 224 Å². The Morgan fingerprint density at radius 2 is 1.55 bits per heavy atom. The van der Waals surface area contributed by atoms with E-state index in [1.54, 1.807) is 75.4 Å². The summed E-state index contributed by atoms with van der Waals surface area (Å²) in [6, 6.07) is 15.2. The minimum absolute atomic E-state index is 0.0265. The summed E-state index contributed by atoms with van der Waals surface area (Å²) in [6.45, 7) is 8.11. The average molecular weight is 858 g/mol. The lowest BCUT2D eigenvalue weighted by Crippen LogP contribution is -2.82. The van der Waals surface area contributed by atoms with E-state index in [0.29, 0.717) is 24.0 Å². The molecule has 0 aromatic heterocycles. The van der Waals surface area contributed by atoms with Crippen LogP contribution in [0, 0.1) is 16.7 Å². The van der Waals surface area contributed by atoms with E-state index < -0.39 is 113 Å². The van der Waals surface area contributed by atoms with Gasteiger partial charge in [0.25, 0.3) is 0 Å². The van der Waals surface area contributed by atoms with Crippen LogP contribution in [-0.4, -0.2) is 100 Å². The number of ketones is 1. The van der Waals surface area contributed by atoms with Crippen molar-refractivity contribution in [2.45, 2.75) is 134 Å². The summed E-state index contributed by atoms with van der Waals surface area (Å²) in [4.78, 5) is 84.1. The van der Waals surface area contributed by atoms with E-state index in [-0.39, 0.29) is 29.7 Å². The Morgan fingerprint density at radius 1 is 0.887 bits per heavy atom. The average Bonchev–Trinajstić information content (AvgIpc) is 3.24. The van der Waals surface area contributed by atoms with E-state index in [0.717, 1.165) is 26.7 Å². The van der Waals surface area contributed by atoms with Crippen LogP contribution < -0.4 is 5.73 Å².